The van der Waals surface area contributed by atoms with E-state index in [1.165, 1.54) is 0 Å². The summed E-state index contributed by atoms with van der Waals surface area (Å²) < 4.78 is 5.36. The predicted octanol–water partition coefficient (Wildman–Crippen LogP) is 1.62. The number of rotatable bonds is 5. The van der Waals surface area contributed by atoms with Crippen molar-refractivity contribution in [1.82, 2.24) is 5.43 Å². The van der Waals surface area contributed by atoms with Crippen LogP contribution in [0.15, 0.2) is 12.1 Å². The summed E-state index contributed by atoms with van der Waals surface area (Å²) >= 11 is 0. The lowest BCUT2D eigenvalue weighted by Crippen LogP contribution is -2.28. The summed E-state index contributed by atoms with van der Waals surface area (Å²) in [5, 5.41) is 9.99. The molecule has 0 amide bonds. The first-order valence-corrected chi connectivity index (χ1v) is 5.81. The third kappa shape index (κ3) is 3.19. The van der Waals surface area contributed by atoms with Crippen molar-refractivity contribution in [3.05, 3.63) is 28.8 Å². The molecule has 1 atom stereocenters. The molecule has 0 heterocycles. The van der Waals surface area contributed by atoms with Crippen LogP contribution >= 0.6 is 0 Å². The monoisotopic (exact) mass is 238 g/mol. The van der Waals surface area contributed by atoms with Crippen molar-refractivity contribution in [3.8, 4) is 5.75 Å². The number of aryl methyl sites for hydroxylation is 1. The lowest BCUT2D eigenvalue weighted by atomic mass is 9.94. The van der Waals surface area contributed by atoms with Crippen molar-refractivity contribution in [2.24, 2.45) is 5.84 Å². The average Bonchev–Trinajstić information content (AvgIpc) is 2.28. The lowest BCUT2D eigenvalue weighted by molar-refractivity contribution is 0.174. The van der Waals surface area contributed by atoms with Gasteiger partial charge in [-0.3, -0.25) is 11.3 Å². The van der Waals surface area contributed by atoms with Gasteiger partial charge in [-0.15, -0.1) is 0 Å². The second-order valence-electron chi connectivity index (χ2n) is 4.53. The normalized spacial score (nSPS) is 12.9. The highest BCUT2D eigenvalue weighted by Gasteiger charge is 2.15. The summed E-state index contributed by atoms with van der Waals surface area (Å²) in [4.78, 5) is 0. The minimum absolute atomic E-state index is 0.338. The van der Waals surface area contributed by atoms with Gasteiger partial charge in [0.25, 0.3) is 0 Å². The lowest BCUT2D eigenvalue weighted by Gasteiger charge is -2.19. The number of methoxy groups -OCH3 is 1. The molecule has 1 unspecified atom stereocenters. The maximum Gasteiger partial charge on any atom is 0.122 e. The molecule has 0 radical (unpaired) electrons. The van der Waals surface area contributed by atoms with Crippen molar-refractivity contribution in [2.75, 3.05) is 13.7 Å². The molecule has 0 saturated carbocycles. The smallest absolute Gasteiger partial charge is 0.122 e. The first kappa shape index (κ1) is 14.0. The number of aliphatic hydroxyl groups is 1. The van der Waals surface area contributed by atoms with Crippen molar-refractivity contribution < 1.29 is 9.84 Å². The van der Waals surface area contributed by atoms with Crippen LogP contribution in [0.5, 0.6) is 5.75 Å². The summed E-state index contributed by atoms with van der Waals surface area (Å²) in [6, 6.07) is 3.96. The fraction of sp³-hybridized carbons (Fsp3) is 0.538. The number of hydrogen-bond donors (Lipinski definition) is 3. The van der Waals surface area contributed by atoms with Crippen molar-refractivity contribution in [3.63, 3.8) is 0 Å². The van der Waals surface area contributed by atoms with Crippen LogP contribution in [-0.2, 0) is 0 Å². The molecule has 17 heavy (non-hydrogen) atoms. The van der Waals surface area contributed by atoms with E-state index in [-0.39, 0.29) is 0 Å². The number of nitrogens with two attached hydrogens (primary N) is 1. The highest BCUT2D eigenvalue weighted by Crippen LogP contribution is 2.31. The summed E-state index contributed by atoms with van der Waals surface area (Å²) in [7, 11) is 1.66. The number of ether oxygens (including phenoxy) is 1. The zero-order valence-electron chi connectivity index (χ0n) is 10.9. The largest absolute Gasteiger partial charge is 0.496 e. The van der Waals surface area contributed by atoms with Crippen LogP contribution in [0.1, 0.15) is 42.6 Å². The topological polar surface area (TPSA) is 67.5 Å². The number of hydrogen-bond acceptors (Lipinski definition) is 4. The fourth-order valence-electron chi connectivity index (χ4n) is 1.92. The molecule has 0 fully saturated rings. The third-order valence-corrected chi connectivity index (χ3v) is 2.91. The Balaban J connectivity index is 3.19. The molecule has 0 aromatic heterocycles. The molecular formula is C13H22N2O2. The Hall–Kier alpha value is -1.10. The van der Waals surface area contributed by atoms with Gasteiger partial charge in [0.2, 0.25) is 0 Å². The standard InChI is InChI=1S/C13H22N2O2/c1-8(2)10-6-11(12(16)7-15-14)9(3)5-13(10)17-4/h5-6,8,12,15-16H,7,14H2,1-4H3. The minimum Gasteiger partial charge on any atom is -0.496 e. The minimum atomic E-state index is -0.594. The van der Waals surface area contributed by atoms with E-state index in [1.807, 2.05) is 19.1 Å². The van der Waals surface area contributed by atoms with E-state index in [1.54, 1.807) is 7.11 Å². The maximum absolute atomic E-state index is 9.99. The quantitative estimate of drug-likeness (QED) is 0.538. The van der Waals surface area contributed by atoms with Gasteiger partial charge < -0.3 is 9.84 Å². The molecule has 1 rings (SSSR count). The van der Waals surface area contributed by atoms with Crippen molar-refractivity contribution in [2.45, 2.75) is 32.8 Å². The van der Waals surface area contributed by atoms with E-state index >= 15 is 0 Å². The number of aliphatic hydroxyl groups excluding tert-OH is 1. The van der Waals surface area contributed by atoms with E-state index in [0.717, 1.165) is 22.4 Å². The Morgan fingerprint density at radius 3 is 2.47 bits per heavy atom. The fourth-order valence-corrected chi connectivity index (χ4v) is 1.92. The summed E-state index contributed by atoms with van der Waals surface area (Å²) in [5.41, 5.74) is 5.49. The SMILES string of the molecule is COc1cc(C)c(C(O)CNN)cc1C(C)C. The van der Waals surface area contributed by atoms with Crippen LogP contribution in [0.2, 0.25) is 0 Å². The van der Waals surface area contributed by atoms with Crippen LogP contribution in [-0.4, -0.2) is 18.8 Å². The van der Waals surface area contributed by atoms with Gasteiger partial charge in [0, 0.05) is 6.54 Å². The van der Waals surface area contributed by atoms with E-state index in [4.69, 9.17) is 10.6 Å². The molecule has 4 nitrogen and oxygen atoms in total. The van der Waals surface area contributed by atoms with Crippen molar-refractivity contribution >= 4 is 0 Å². The molecule has 0 aliphatic carbocycles. The van der Waals surface area contributed by atoms with Crippen LogP contribution < -0.4 is 16.0 Å². The van der Waals surface area contributed by atoms with Crippen molar-refractivity contribution in [1.29, 1.82) is 0 Å². The molecule has 1 aromatic rings. The Labute approximate surface area is 103 Å². The van der Waals surface area contributed by atoms with Crippen LogP contribution in [0.25, 0.3) is 0 Å². The van der Waals surface area contributed by atoms with Gasteiger partial charge in [-0.1, -0.05) is 13.8 Å². The molecule has 1 aromatic carbocycles. The Morgan fingerprint density at radius 2 is 2.00 bits per heavy atom. The van der Waals surface area contributed by atoms with Crippen LogP contribution in [0.3, 0.4) is 0 Å². The third-order valence-electron chi connectivity index (χ3n) is 2.91. The van der Waals surface area contributed by atoms with E-state index in [9.17, 15) is 5.11 Å². The van der Waals surface area contributed by atoms with Gasteiger partial charge in [0.1, 0.15) is 5.75 Å². The van der Waals surface area contributed by atoms with Gasteiger partial charge in [0.05, 0.1) is 13.2 Å². The van der Waals surface area contributed by atoms with E-state index in [0.29, 0.717) is 12.5 Å². The van der Waals surface area contributed by atoms with Crippen LogP contribution in [0, 0.1) is 6.92 Å². The van der Waals surface area contributed by atoms with Gasteiger partial charge in [0.15, 0.2) is 0 Å². The summed E-state index contributed by atoms with van der Waals surface area (Å²) in [6.07, 6.45) is -0.594. The first-order valence-electron chi connectivity index (χ1n) is 5.81. The maximum atomic E-state index is 9.99. The summed E-state index contributed by atoms with van der Waals surface area (Å²) in [6.45, 7) is 6.50. The molecule has 96 valence electrons. The zero-order valence-corrected chi connectivity index (χ0v) is 10.9. The molecular weight excluding hydrogens is 216 g/mol. The zero-order chi connectivity index (χ0) is 13.0. The Kier molecular flexibility index (Phi) is 4.93. The van der Waals surface area contributed by atoms with E-state index < -0.39 is 6.10 Å². The van der Waals surface area contributed by atoms with Gasteiger partial charge in [-0.25, -0.2) is 0 Å². The Morgan fingerprint density at radius 1 is 1.35 bits per heavy atom. The molecule has 0 saturated heterocycles. The molecule has 0 aliphatic rings. The second-order valence-corrected chi connectivity index (χ2v) is 4.53. The highest BCUT2D eigenvalue weighted by atomic mass is 16.5. The predicted molar refractivity (Wildman–Crippen MR) is 69.0 cm³/mol. The van der Waals surface area contributed by atoms with Gasteiger partial charge >= 0.3 is 0 Å². The molecule has 0 aliphatic heterocycles. The molecule has 0 bridgehead atoms. The van der Waals surface area contributed by atoms with Gasteiger partial charge in [-0.2, -0.15) is 0 Å². The molecule has 4 heteroatoms. The molecule has 4 N–H and O–H groups in total. The van der Waals surface area contributed by atoms with Crippen LogP contribution in [0.4, 0.5) is 0 Å². The number of benzene rings is 1. The average molecular weight is 238 g/mol. The highest BCUT2D eigenvalue weighted by molar-refractivity contribution is 5.44. The number of hydrazine groups is 1. The summed E-state index contributed by atoms with van der Waals surface area (Å²) in [5.74, 6) is 6.46. The number of nitrogens with one attached hydrogen (secondary N) is 1. The van der Waals surface area contributed by atoms with Gasteiger partial charge in [-0.05, 0) is 41.7 Å². The molecule has 0 spiro atoms. The Bertz CT molecular complexity index is 378. The second kappa shape index (κ2) is 6.00. The van der Waals surface area contributed by atoms with E-state index in [2.05, 4.69) is 19.3 Å². The first-order chi connectivity index (χ1) is 8.01.